The number of nitrogens with zero attached hydrogens (tertiary/aromatic N) is 2. The zero-order valence-corrected chi connectivity index (χ0v) is 12.1. The molecule has 0 bridgehead atoms. The van der Waals surface area contributed by atoms with E-state index in [1.165, 1.54) is 12.1 Å². The fraction of sp³-hybridized carbons (Fsp3) is 0.467. The molecule has 0 unspecified atom stereocenters. The highest BCUT2D eigenvalue weighted by Gasteiger charge is 2.23. The number of nitrogens with one attached hydrogen (secondary N) is 1. The van der Waals surface area contributed by atoms with Gasteiger partial charge in [-0.05, 0) is 25.6 Å². The first-order chi connectivity index (χ1) is 10.1. The van der Waals surface area contributed by atoms with Gasteiger partial charge in [0.05, 0.1) is 12.1 Å². The van der Waals surface area contributed by atoms with Gasteiger partial charge in [-0.3, -0.25) is 9.59 Å². The molecule has 0 spiro atoms. The van der Waals surface area contributed by atoms with Crippen LogP contribution < -0.4 is 5.32 Å². The predicted molar refractivity (Wildman–Crippen MR) is 77.4 cm³/mol. The molecule has 1 N–H and O–H groups in total. The number of benzene rings is 1. The molecule has 0 aromatic heterocycles. The minimum atomic E-state index is -0.505. The van der Waals surface area contributed by atoms with Gasteiger partial charge in [-0.2, -0.15) is 0 Å². The Kier molecular flexibility index (Phi) is 5.27. The number of halogens is 1. The summed E-state index contributed by atoms with van der Waals surface area (Å²) >= 11 is 0. The van der Waals surface area contributed by atoms with Crippen LogP contribution >= 0.6 is 0 Å². The molecule has 1 fully saturated rings. The van der Waals surface area contributed by atoms with Gasteiger partial charge in [0, 0.05) is 26.2 Å². The van der Waals surface area contributed by atoms with E-state index >= 15 is 0 Å². The van der Waals surface area contributed by atoms with Crippen molar-refractivity contribution in [3.05, 3.63) is 35.6 Å². The van der Waals surface area contributed by atoms with E-state index in [1.807, 2.05) is 0 Å². The molecule has 21 heavy (non-hydrogen) atoms. The molecular weight excluding hydrogens is 273 g/mol. The van der Waals surface area contributed by atoms with Gasteiger partial charge in [-0.1, -0.05) is 12.1 Å². The largest absolute Gasteiger partial charge is 0.340 e. The Labute approximate surface area is 123 Å². The SMILES string of the molecule is CNCC(=O)N1CCCN(C(=O)c2ccccc2F)CC1. The standard InChI is InChI=1S/C15H20FN3O2/c1-17-11-14(20)18-7-4-8-19(10-9-18)15(21)12-5-2-3-6-13(12)16/h2-3,5-6,17H,4,7-11H2,1H3. The van der Waals surface area contributed by atoms with Crippen molar-refractivity contribution in [1.82, 2.24) is 15.1 Å². The summed E-state index contributed by atoms with van der Waals surface area (Å²) in [4.78, 5) is 27.6. The van der Waals surface area contributed by atoms with E-state index in [2.05, 4.69) is 5.32 Å². The second kappa shape index (κ2) is 7.17. The summed E-state index contributed by atoms with van der Waals surface area (Å²) in [6.45, 7) is 2.38. The van der Waals surface area contributed by atoms with Crippen LogP contribution in [0.25, 0.3) is 0 Å². The molecule has 0 saturated carbocycles. The Hall–Kier alpha value is -1.95. The lowest BCUT2D eigenvalue weighted by molar-refractivity contribution is -0.130. The third kappa shape index (κ3) is 3.78. The molecule has 1 aliphatic heterocycles. The zero-order valence-electron chi connectivity index (χ0n) is 12.1. The van der Waals surface area contributed by atoms with Crippen LogP contribution in [0.2, 0.25) is 0 Å². The molecule has 114 valence electrons. The normalized spacial score (nSPS) is 15.7. The minimum Gasteiger partial charge on any atom is -0.340 e. The average Bonchev–Trinajstić information content (AvgIpc) is 2.73. The van der Waals surface area contributed by atoms with Gasteiger partial charge in [0.15, 0.2) is 0 Å². The molecular formula is C15H20FN3O2. The van der Waals surface area contributed by atoms with Crippen molar-refractivity contribution >= 4 is 11.8 Å². The maximum atomic E-state index is 13.7. The van der Waals surface area contributed by atoms with Crippen molar-refractivity contribution in [1.29, 1.82) is 0 Å². The van der Waals surface area contributed by atoms with Gasteiger partial charge >= 0.3 is 0 Å². The number of likely N-dealkylation sites (N-methyl/N-ethyl adjacent to an activating group) is 1. The Morgan fingerprint density at radius 1 is 1.14 bits per heavy atom. The van der Waals surface area contributed by atoms with Crippen molar-refractivity contribution in [2.45, 2.75) is 6.42 Å². The summed E-state index contributed by atoms with van der Waals surface area (Å²) in [6, 6.07) is 5.99. The van der Waals surface area contributed by atoms with Crippen LogP contribution in [0.1, 0.15) is 16.8 Å². The molecule has 0 radical (unpaired) electrons. The maximum Gasteiger partial charge on any atom is 0.256 e. The summed E-state index contributed by atoms with van der Waals surface area (Å²) in [7, 11) is 1.73. The molecule has 1 aromatic carbocycles. The van der Waals surface area contributed by atoms with Crippen molar-refractivity contribution in [3.8, 4) is 0 Å². The third-order valence-corrected chi connectivity index (χ3v) is 3.57. The topological polar surface area (TPSA) is 52.7 Å². The van der Waals surface area contributed by atoms with Crippen LogP contribution in [0, 0.1) is 5.82 Å². The van der Waals surface area contributed by atoms with Crippen molar-refractivity contribution < 1.29 is 14.0 Å². The number of carbonyl (C=O) groups excluding carboxylic acids is 2. The second-order valence-corrected chi connectivity index (χ2v) is 5.04. The molecule has 2 rings (SSSR count). The predicted octanol–water partition coefficient (Wildman–Crippen LogP) is 0.720. The highest BCUT2D eigenvalue weighted by molar-refractivity contribution is 5.94. The average molecular weight is 293 g/mol. The lowest BCUT2D eigenvalue weighted by Gasteiger charge is -2.22. The molecule has 5 nitrogen and oxygen atoms in total. The quantitative estimate of drug-likeness (QED) is 0.893. The van der Waals surface area contributed by atoms with Gasteiger partial charge in [-0.25, -0.2) is 4.39 Å². The van der Waals surface area contributed by atoms with E-state index in [-0.39, 0.29) is 17.4 Å². The molecule has 1 heterocycles. The molecule has 2 amide bonds. The van der Waals surface area contributed by atoms with Crippen LogP contribution in [0.15, 0.2) is 24.3 Å². The van der Waals surface area contributed by atoms with Gasteiger partial charge < -0.3 is 15.1 Å². The summed E-state index contributed by atoms with van der Waals surface area (Å²) in [6.07, 6.45) is 0.704. The molecule has 1 aromatic rings. The first-order valence-corrected chi connectivity index (χ1v) is 7.09. The van der Waals surface area contributed by atoms with Crippen LogP contribution in [-0.2, 0) is 4.79 Å². The first kappa shape index (κ1) is 15.4. The fourth-order valence-electron chi connectivity index (χ4n) is 2.44. The Morgan fingerprint density at radius 2 is 1.81 bits per heavy atom. The Balaban J connectivity index is 2.01. The van der Waals surface area contributed by atoms with Crippen LogP contribution in [0.4, 0.5) is 4.39 Å². The van der Waals surface area contributed by atoms with Crippen LogP contribution in [-0.4, -0.2) is 61.4 Å². The molecule has 6 heteroatoms. The smallest absolute Gasteiger partial charge is 0.256 e. The summed E-state index contributed by atoms with van der Waals surface area (Å²) in [5, 5.41) is 2.83. The maximum absolute atomic E-state index is 13.7. The van der Waals surface area contributed by atoms with Crippen molar-refractivity contribution in [2.75, 3.05) is 39.8 Å². The monoisotopic (exact) mass is 293 g/mol. The van der Waals surface area contributed by atoms with E-state index in [0.29, 0.717) is 39.1 Å². The minimum absolute atomic E-state index is 0.0256. The Morgan fingerprint density at radius 3 is 2.52 bits per heavy atom. The number of hydrogen-bond acceptors (Lipinski definition) is 3. The number of amides is 2. The van der Waals surface area contributed by atoms with Crippen molar-refractivity contribution in [2.24, 2.45) is 0 Å². The lowest BCUT2D eigenvalue weighted by Crippen LogP contribution is -2.40. The van der Waals surface area contributed by atoms with Crippen LogP contribution in [0.5, 0.6) is 0 Å². The fourth-order valence-corrected chi connectivity index (χ4v) is 2.44. The third-order valence-electron chi connectivity index (χ3n) is 3.57. The number of hydrogen-bond donors (Lipinski definition) is 1. The summed E-state index contributed by atoms with van der Waals surface area (Å²) in [5.74, 6) is -0.788. The van der Waals surface area contributed by atoms with E-state index in [1.54, 1.807) is 29.0 Å². The zero-order chi connectivity index (χ0) is 15.2. The van der Waals surface area contributed by atoms with Gasteiger partial charge in [0.25, 0.3) is 5.91 Å². The van der Waals surface area contributed by atoms with E-state index in [4.69, 9.17) is 0 Å². The lowest BCUT2D eigenvalue weighted by atomic mass is 10.2. The highest BCUT2D eigenvalue weighted by Crippen LogP contribution is 2.12. The van der Waals surface area contributed by atoms with E-state index in [9.17, 15) is 14.0 Å². The van der Waals surface area contributed by atoms with Gasteiger partial charge in [-0.15, -0.1) is 0 Å². The summed E-state index contributed by atoms with van der Waals surface area (Å²) in [5.41, 5.74) is 0.0903. The van der Waals surface area contributed by atoms with Gasteiger partial charge in [0.1, 0.15) is 5.82 Å². The van der Waals surface area contributed by atoms with Gasteiger partial charge in [0.2, 0.25) is 5.91 Å². The Bertz CT molecular complexity index is 521. The molecule has 1 saturated heterocycles. The number of carbonyl (C=O) groups is 2. The molecule has 1 aliphatic rings. The van der Waals surface area contributed by atoms with E-state index in [0.717, 1.165) is 0 Å². The number of rotatable bonds is 3. The van der Waals surface area contributed by atoms with Crippen LogP contribution in [0.3, 0.4) is 0 Å². The first-order valence-electron chi connectivity index (χ1n) is 7.09. The second-order valence-electron chi connectivity index (χ2n) is 5.04. The van der Waals surface area contributed by atoms with Crippen molar-refractivity contribution in [3.63, 3.8) is 0 Å². The highest BCUT2D eigenvalue weighted by atomic mass is 19.1. The van der Waals surface area contributed by atoms with E-state index < -0.39 is 5.82 Å². The molecule has 0 aliphatic carbocycles. The summed E-state index contributed by atoms with van der Waals surface area (Å²) < 4.78 is 13.7. The molecule has 0 atom stereocenters.